The van der Waals surface area contributed by atoms with Crippen LogP contribution in [0.15, 0.2) is 73.1 Å². The third-order valence-electron chi connectivity index (χ3n) is 4.65. The molecule has 4 aromatic rings. The molecular formula is C23H20N4O3. The molecule has 0 saturated carbocycles. The van der Waals surface area contributed by atoms with Crippen molar-refractivity contribution in [3.05, 3.63) is 78.6 Å². The van der Waals surface area contributed by atoms with Gasteiger partial charge in [-0.05, 0) is 36.8 Å². The Bertz CT molecular complexity index is 1150. The number of para-hydroxylation sites is 2. The zero-order chi connectivity index (χ0) is 20.9. The summed E-state index contributed by atoms with van der Waals surface area (Å²) in [4.78, 5) is 37.2. The van der Waals surface area contributed by atoms with Crippen molar-refractivity contribution < 1.29 is 14.3 Å². The SMILES string of the molecule is CCC(OC(=O)c1ccccc1-c1nc2ccccc2[nH]1)C(=O)Nc1ccncc1. The molecule has 0 aliphatic carbocycles. The average Bonchev–Trinajstić information content (AvgIpc) is 3.22. The Labute approximate surface area is 173 Å². The summed E-state index contributed by atoms with van der Waals surface area (Å²) < 4.78 is 5.55. The number of benzene rings is 2. The maximum Gasteiger partial charge on any atom is 0.339 e. The van der Waals surface area contributed by atoms with Crippen molar-refractivity contribution in [3.8, 4) is 11.4 Å². The third kappa shape index (κ3) is 4.05. The summed E-state index contributed by atoms with van der Waals surface area (Å²) >= 11 is 0. The molecule has 4 rings (SSSR count). The molecule has 0 radical (unpaired) electrons. The van der Waals surface area contributed by atoms with Crippen molar-refractivity contribution in [2.24, 2.45) is 0 Å². The number of anilines is 1. The van der Waals surface area contributed by atoms with Gasteiger partial charge in [0.25, 0.3) is 5.91 Å². The zero-order valence-electron chi connectivity index (χ0n) is 16.3. The Kier molecular flexibility index (Phi) is 5.52. The monoisotopic (exact) mass is 400 g/mol. The number of nitrogens with one attached hydrogen (secondary N) is 2. The largest absolute Gasteiger partial charge is 0.449 e. The molecule has 0 aliphatic rings. The highest BCUT2D eigenvalue weighted by Crippen LogP contribution is 2.25. The summed E-state index contributed by atoms with van der Waals surface area (Å²) in [5.74, 6) is -0.404. The van der Waals surface area contributed by atoms with Gasteiger partial charge in [-0.3, -0.25) is 9.78 Å². The highest BCUT2D eigenvalue weighted by Gasteiger charge is 2.24. The Morgan fingerprint density at radius 2 is 1.77 bits per heavy atom. The molecule has 2 aromatic heterocycles. The van der Waals surface area contributed by atoms with Gasteiger partial charge in [0.1, 0.15) is 5.82 Å². The predicted octanol–water partition coefficient (Wildman–Crippen LogP) is 4.20. The van der Waals surface area contributed by atoms with Crippen LogP contribution in [0.3, 0.4) is 0 Å². The molecule has 0 bridgehead atoms. The van der Waals surface area contributed by atoms with Crippen molar-refractivity contribution in [2.75, 3.05) is 5.32 Å². The van der Waals surface area contributed by atoms with Crippen molar-refractivity contribution >= 4 is 28.6 Å². The van der Waals surface area contributed by atoms with E-state index in [0.717, 1.165) is 11.0 Å². The van der Waals surface area contributed by atoms with Gasteiger partial charge in [-0.1, -0.05) is 37.3 Å². The van der Waals surface area contributed by atoms with E-state index in [-0.39, 0.29) is 0 Å². The number of pyridine rings is 1. The number of carbonyl (C=O) groups excluding carboxylic acids is 2. The predicted molar refractivity (Wildman–Crippen MR) is 114 cm³/mol. The van der Waals surface area contributed by atoms with Crippen LogP contribution in [-0.2, 0) is 9.53 Å². The number of nitrogens with zero attached hydrogens (tertiary/aromatic N) is 2. The first-order chi connectivity index (χ1) is 14.7. The molecule has 0 spiro atoms. The van der Waals surface area contributed by atoms with E-state index < -0.39 is 18.0 Å². The van der Waals surface area contributed by atoms with Gasteiger partial charge >= 0.3 is 5.97 Å². The van der Waals surface area contributed by atoms with Crippen LogP contribution in [0.2, 0.25) is 0 Å². The molecule has 30 heavy (non-hydrogen) atoms. The van der Waals surface area contributed by atoms with Gasteiger partial charge in [0, 0.05) is 23.6 Å². The van der Waals surface area contributed by atoms with Crippen LogP contribution in [0.25, 0.3) is 22.4 Å². The first-order valence-electron chi connectivity index (χ1n) is 9.61. The summed E-state index contributed by atoms with van der Waals surface area (Å²) in [6, 6.07) is 18.0. The number of esters is 1. The maximum absolute atomic E-state index is 12.9. The van der Waals surface area contributed by atoms with E-state index in [1.165, 1.54) is 0 Å². The zero-order valence-corrected chi connectivity index (χ0v) is 16.3. The second kappa shape index (κ2) is 8.57. The van der Waals surface area contributed by atoms with Crippen molar-refractivity contribution in [3.63, 3.8) is 0 Å². The molecule has 1 unspecified atom stereocenters. The number of rotatable bonds is 6. The van der Waals surface area contributed by atoms with Gasteiger partial charge in [0.05, 0.1) is 16.6 Å². The van der Waals surface area contributed by atoms with Gasteiger partial charge < -0.3 is 15.0 Å². The average molecular weight is 400 g/mol. The summed E-state index contributed by atoms with van der Waals surface area (Å²) in [7, 11) is 0. The fraction of sp³-hybridized carbons (Fsp3) is 0.130. The van der Waals surface area contributed by atoms with Crippen LogP contribution < -0.4 is 5.32 Å². The number of ether oxygens (including phenoxy) is 1. The van der Waals surface area contributed by atoms with Crippen molar-refractivity contribution in [1.82, 2.24) is 15.0 Å². The van der Waals surface area contributed by atoms with E-state index in [1.807, 2.05) is 30.3 Å². The number of H-pyrrole nitrogens is 1. The van der Waals surface area contributed by atoms with Crippen LogP contribution in [0.5, 0.6) is 0 Å². The fourth-order valence-electron chi connectivity index (χ4n) is 3.12. The lowest BCUT2D eigenvalue weighted by molar-refractivity contribution is -0.124. The fourth-order valence-corrected chi connectivity index (χ4v) is 3.12. The van der Waals surface area contributed by atoms with Crippen LogP contribution in [-0.4, -0.2) is 32.9 Å². The number of hydrogen-bond donors (Lipinski definition) is 2. The Morgan fingerprint density at radius 1 is 1.03 bits per heavy atom. The lowest BCUT2D eigenvalue weighted by Crippen LogP contribution is -2.32. The molecular weight excluding hydrogens is 380 g/mol. The molecule has 150 valence electrons. The van der Waals surface area contributed by atoms with E-state index in [0.29, 0.717) is 29.1 Å². The second-order valence-corrected chi connectivity index (χ2v) is 6.68. The van der Waals surface area contributed by atoms with Crippen LogP contribution in [0, 0.1) is 0 Å². The van der Waals surface area contributed by atoms with Crippen LogP contribution in [0.1, 0.15) is 23.7 Å². The Hall–Kier alpha value is -4.00. The lowest BCUT2D eigenvalue weighted by atomic mass is 10.1. The normalized spacial score (nSPS) is 11.8. The quantitative estimate of drug-likeness (QED) is 0.473. The molecule has 2 heterocycles. The molecule has 2 aromatic carbocycles. The number of amides is 1. The van der Waals surface area contributed by atoms with Gasteiger partial charge in [0.15, 0.2) is 6.10 Å². The molecule has 1 atom stereocenters. The smallest absolute Gasteiger partial charge is 0.339 e. The van der Waals surface area contributed by atoms with Gasteiger partial charge in [-0.2, -0.15) is 0 Å². The summed E-state index contributed by atoms with van der Waals surface area (Å²) in [5, 5.41) is 2.74. The minimum Gasteiger partial charge on any atom is -0.449 e. The number of carbonyl (C=O) groups is 2. The Balaban J connectivity index is 1.56. The standard InChI is InChI=1S/C23H20N4O3/c1-2-20(22(28)25-15-11-13-24-14-12-15)30-23(29)17-8-4-3-7-16(17)21-26-18-9-5-6-10-19(18)27-21/h3-14,20H,2H2,1H3,(H,26,27)(H,24,25,28). The van der Waals surface area contributed by atoms with Crippen LogP contribution in [0.4, 0.5) is 5.69 Å². The first-order valence-corrected chi connectivity index (χ1v) is 9.61. The maximum atomic E-state index is 12.9. The van der Waals surface area contributed by atoms with E-state index in [2.05, 4.69) is 20.3 Å². The molecule has 0 saturated heterocycles. The topological polar surface area (TPSA) is 97.0 Å². The third-order valence-corrected chi connectivity index (χ3v) is 4.65. The van der Waals surface area contributed by atoms with E-state index in [9.17, 15) is 9.59 Å². The highest BCUT2D eigenvalue weighted by molar-refractivity contribution is 6.00. The lowest BCUT2D eigenvalue weighted by Gasteiger charge is -2.17. The van der Waals surface area contributed by atoms with E-state index in [4.69, 9.17) is 4.74 Å². The van der Waals surface area contributed by atoms with Crippen molar-refractivity contribution in [2.45, 2.75) is 19.4 Å². The van der Waals surface area contributed by atoms with Gasteiger partial charge in [0.2, 0.25) is 0 Å². The summed E-state index contributed by atoms with van der Waals surface area (Å²) in [6.45, 7) is 1.79. The molecule has 7 heteroatoms. The number of aromatic nitrogens is 3. The number of hydrogen-bond acceptors (Lipinski definition) is 5. The van der Waals surface area contributed by atoms with E-state index >= 15 is 0 Å². The van der Waals surface area contributed by atoms with E-state index in [1.54, 1.807) is 49.6 Å². The Morgan fingerprint density at radius 3 is 2.53 bits per heavy atom. The number of aromatic amines is 1. The second-order valence-electron chi connectivity index (χ2n) is 6.68. The molecule has 0 fully saturated rings. The molecule has 0 aliphatic heterocycles. The summed E-state index contributed by atoms with van der Waals surface area (Å²) in [5.41, 5.74) is 3.22. The minimum absolute atomic E-state index is 0.340. The van der Waals surface area contributed by atoms with Crippen molar-refractivity contribution in [1.29, 1.82) is 0 Å². The minimum atomic E-state index is -0.922. The number of imidazole rings is 1. The molecule has 7 nitrogen and oxygen atoms in total. The van der Waals surface area contributed by atoms with Gasteiger partial charge in [-0.25, -0.2) is 9.78 Å². The first kappa shape index (κ1) is 19.3. The summed E-state index contributed by atoms with van der Waals surface area (Å²) in [6.07, 6.45) is 2.57. The number of fused-ring (bicyclic) bond motifs is 1. The molecule has 1 amide bonds. The van der Waals surface area contributed by atoms with Gasteiger partial charge in [-0.15, -0.1) is 0 Å². The molecule has 2 N–H and O–H groups in total. The highest BCUT2D eigenvalue weighted by atomic mass is 16.5. The van der Waals surface area contributed by atoms with Crippen LogP contribution >= 0.6 is 0 Å².